The van der Waals surface area contributed by atoms with Crippen LogP contribution in [-0.4, -0.2) is 52.6 Å². The number of nitrogens with zero attached hydrogens (tertiary/aromatic N) is 3. The van der Waals surface area contributed by atoms with E-state index in [-0.39, 0.29) is 6.03 Å². The van der Waals surface area contributed by atoms with E-state index in [4.69, 9.17) is 0 Å². The summed E-state index contributed by atoms with van der Waals surface area (Å²) in [5.74, 6) is 0. The molecule has 0 spiro atoms. The maximum Gasteiger partial charge on any atom is 0.321 e. The van der Waals surface area contributed by atoms with Crippen LogP contribution in [0, 0.1) is 0 Å². The van der Waals surface area contributed by atoms with E-state index in [1.54, 1.807) is 0 Å². The minimum atomic E-state index is 0.0157. The smallest absolute Gasteiger partial charge is 0.321 e. The van der Waals surface area contributed by atoms with Crippen molar-refractivity contribution >= 4 is 22.6 Å². The minimum Gasteiger partial charge on any atom is -0.347 e. The van der Waals surface area contributed by atoms with Crippen LogP contribution in [0.15, 0.2) is 42.6 Å². The Hall–Kier alpha value is -2.27. The second-order valence-electron chi connectivity index (χ2n) is 7.03. The zero-order valence-electron chi connectivity index (χ0n) is 14.8. The second kappa shape index (κ2) is 6.92. The number of anilines is 1. The summed E-state index contributed by atoms with van der Waals surface area (Å²) < 4.78 is 2.26. The summed E-state index contributed by atoms with van der Waals surface area (Å²) in [6.45, 7) is 6.90. The molecule has 25 heavy (non-hydrogen) atoms. The van der Waals surface area contributed by atoms with Gasteiger partial charge in [-0.25, -0.2) is 4.79 Å². The number of fused-ring (bicyclic) bond motifs is 1. The Kier molecular flexibility index (Phi) is 4.49. The van der Waals surface area contributed by atoms with Crippen LogP contribution in [0.5, 0.6) is 0 Å². The standard InChI is InChI=1S/C20H26N4O/c1-2-9-23-12-7-16-14-17(5-6-19(16)23)21-20(25)24-13-8-18(15-24)22-10-3-4-11-22/h3-7,12,14,18H,2,8-11,13,15H2,1H3,(H,21,25)/t18-/m0/s1. The SMILES string of the molecule is CCCn1ccc2cc(NC(=O)N3CC[C@H](N4CC=CC4)C3)ccc21. The molecule has 1 aromatic heterocycles. The highest BCUT2D eigenvalue weighted by Gasteiger charge is 2.30. The van der Waals surface area contributed by atoms with Crippen LogP contribution in [-0.2, 0) is 6.54 Å². The predicted octanol–water partition coefficient (Wildman–Crippen LogP) is 3.53. The van der Waals surface area contributed by atoms with Gasteiger partial charge in [0.15, 0.2) is 0 Å². The highest BCUT2D eigenvalue weighted by molar-refractivity contribution is 5.93. The average molecular weight is 338 g/mol. The summed E-state index contributed by atoms with van der Waals surface area (Å²) in [7, 11) is 0. The van der Waals surface area contributed by atoms with Crippen molar-refractivity contribution in [2.45, 2.75) is 32.4 Å². The van der Waals surface area contributed by atoms with Crippen molar-refractivity contribution < 1.29 is 4.79 Å². The van der Waals surface area contributed by atoms with Crippen molar-refractivity contribution in [1.29, 1.82) is 0 Å². The molecule has 1 aromatic carbocycles. The number of urea groups is 1. The third kappa shape index (κ3) is 3.29. The molecule has 1 N–H and O–H groups in total. The first-order chi connectivity index (χ1) is 12.2. The van der Waals surface area contributed by atoms with Gasteiger partial charge in [0.2, 0.25) is 0 Å². The number of aromatic nitrogens is 1. The Balaban J connectivity index is 1.40. The topological polar surface area (TPSA) is 40.5 Å². The molecule has 2 aliphatic rings. The van der Waals surface area contributed by atoms with Gasteiger partial charge in [0, 0.05) is 61.6 Å². The van der Waals surface area contributed by atoms with Crippen molar-refractivity contribution in [3.05, 3.63) is 42.6 Å². The zero-order chi connectivity index (χ0) is 17.2. The van der Waals surface area contributed by atoms with Gasteiger partial charge in [-0.1, -0.05) is 19.1 Å². The van der Waals surface area contributed by atoms with E-state index in [2.05, 4.69) is 58.3 Å². The molecule has 0 bridgehead atoms. The first-order valence-corrected chi connectivity index (χ1v) is 9.28. The Bertz CT molecular complexity index is 786. The van der Waals surface area contributed by atoms with Gasteiger partial charge in [-0.3, -0.25) is 4.90 Å². The van der Waals surface area contributed by atoms with E-state index >= 15 is 0 Å². The molecule has 1 fully saturated rings. The minimum absolute atomic E-state index is 0.0157. The largest absolute Gasteiger partial charge is 0.347 e. The molecule has 0 radical (unpaired) electrons. The monoisotopic (exact) mass is 338 g/mol. The fourth-order valence-electron chi connectivity index (χ4n) is 3.93. The van der Waals surface area contributed by atoms with E-state index in [0.29, 0.717) is 6.04 Å². The van der Waals surface area contributed by atoms with Crippen LogP contribution in [0.2, 0.25) is 0 Å². The van der Waals surface area contributed by atoms with Crippen LogP contribution in [0.3, 0.4) is 0 Å². The van der Waals surface area contributed by atoms with E-state index in [1.807, 2.05) is 11.0 Å². The molecule has 1 atom stereocenters. The molecule has 3 heterocycles. The number of hydrogen-bond donors (Lipinski definition) is 1. The van der Waals surface area contributed by atoms with Crippen molar-refractivity contribution in [2.24, 2.45) is 0 Å². The number of rotatable bonds is 4. The van der Waals surface area contributed by atoms with Gasteiger partial charge in [0.1, 0.15) is 0 Å². The van der Waals surface area contributed by atoms with Gasteiger partial charge in [0.25, 0.3) is 0 Å². The first kappa shape index (κ1) is 16.2. The van der Waals surface area contributed by atoms with E-state index in [1.165, 1.54) is 10.9 Å². The summed E-state index contributed by atoms with van der Waals surface area (Å²) >= 11 is 0. The number of amides is 2. The molecule has 0 saturated carbocycles. The van der Waals surface area contributed by atoms with Crippen LogP contribution in [0.1, 0.15) is 19.8 Å². The fraction of sp³-hybridized carbons (Fsp3) is 0.450. The van der Waals surface area contributed by atoms with Crippen LogP contribution < -0.4 is 5.32 Å². The highest BCUT2D eigenvalue weighted by Crippen LogP contribution is 2.23. The summed E-state index contributed by atoms with van der Waals surface area (Å²) in [5.41, 5.74) is 2.10. The number of likely N-dealkylation sites (tertiary alicyclic amines) is 1. The summed E-state index contributed by atoms with van der Waals surface area (Å²) in [6, 6.07) is 8.80. The van der Waals surface area contributed by atoms with Crippen molar-refractivity contribution in [2.75, 3.05) is 31.5 Å². The molecule has 5 nitrogen and oxygen atoms in total. The molecule has 4 rings (SSSR count). The molecule has 0 aliphatic carbocycles. The maximum atomic E-state index is 12.6. The number of benzene rings is 1. The average Bonchev–Trinajstić information content (AvgIpc) is 3.35. The van der Waals surface area contributed by atoms with Gasteiger partial charge >= 0.3 is 6.03 Å². The van der Waals surface area contributed by atoms with E-state index in [9.17, 15) is 4.79 Å². The van der Waals surface area contributed by atoms with Gasteiger partial charge in [-0.15, -0.1) is 0 Å². The molecule has 0 unspecified atom stereocenters. The summed E-state index contributed by atoms with van der Waals surface area (Å²) in [4.78, 5) is 17.0. The summed E-state index contributed by atoms with van der Waals surface area (Å²) in [5, 5.41) is 4.25. The van der Waals surface area contributed by atoms with Gasteiger partial charge in [-0.2, -0.15) is 0 Å². The lowest BCUT2D eigenvalue weighted by Crippen LogP contribution is -2.38. The molecule has 5 heteroatoms. The molecule has 2 aromatic rings. The molecule has 1 saturated heterocycles. The zero-order valence-corrected chi connectivity index (χ0v) is 14.8. The third-order valence-corrected chi connectivity index (χ3v) is 5.30. The van der Waals surface area contributed by atoms with E-state index < -0.39 is 0 Å². The van der Waals surface area contributed by atoms with Crippen molar-refractivity contribution in [3.63, 3.8) is 0 Å². The quantitative estimate of drug-likeness (QED) is 0.867. The van der Waals surface area contributed by atoms with Crippen LogP contribution in [0.25, 0.3) is 10.9 Å². The number of carbonyl (C=O) groups is 1. The fourth-order valence-corrected chi connectivity index (χ4v) is 3.93. The Labute approximate surface area is 148 Å². The molecule has 132 valence electrons. The van der Waals surface area contributed by atoms with Crippen molar-refractivity contribution in [1.82, 2.24) is 14.4 Å². The number of nitrogens with one attached hydrogen (secondary N) is 1. The summed E-state index contributed by atoms with van der Waals surface area (Å²) in [6.07, 6.45) is 8.72. The normalized spacial score (nSPS) is 20.7. The van der Waals surface area contributed by atoms with Gasteiger partial charge in [-0.05, 0) is 37.1 Å². The van der Waals surface area contributed by atoms with Crippen LogP contribution >= 0.6 is 0 Å². The van der Waals surface area contributed by atoms with Gasteiger partial charge < -0.3 is 14.8 Å². The van der Waals surface area contributed by atoms with Crippen LogP contribution in [0.4, 0.5) is 10.5 Å². The van der Waals surface area contributed by atoms with E-state index in [0.717, 1.165) is 51.3 Å². The first-order valence-electron chi connectivity index (χ1n) is 9.28. The molecular formula is C20H26N4O. The van der Waals surface area contributed by atoms with Crippen molar-refractivity contribution in [3.8, 4) is 0 Å². The number of carbonyl (C=O) groups excluding carboxylic acids is 1. The Morgan fingerprint density at radius 2 is 2.08 bits per heavy atom. The molecule has 2 amide bonds. The molecular weight excluding hydrogens is 312 g/mol. The number of hydrogen-bond acceptors (Lipinski definition) is 2. The highest BCUT2D eigenvalue weighted by atomic mass is 16.2. The van der Waals surface area contributed by atoms with Gasteiger partial charge in [0.05, 0.1) is 0 Å². The lowest BCUT2D eigenvalue weighted by atomic mass is 10.2. The number of aryl methyl sites for hydroxylation is 1. The Morgan fingerprint density at radius 3 is 2.88 bits per heavy atom. The molecule has 2 aliphatic heterocycles. The third-order valence-electron chi connectivity index (χ3n) is 5.30. The second-order valence-corrected chi connectivity index (χ2v) is 7.03. The maximum absolute atomic E-state index is 12.6. The lowest BCUT2D eigenvalue weighted by molar-refractivity contribution is 0.212. The Morgan fingerprint density at radius 1 is 1.24 bits per heavy atom. The lowest BCUT2D eigenvalue weighted by Gasteiger charge is -2.23. The predicted molar refractivity (Wildman–Crippen MR) is 102 cm³/mol.